The fraction of sp³-hybridized carbons (Fsp3) is 0.231. The molecule has 0 spiro atoms. The van der Waals surface area contributed by atoms with Gasteiger partial charge >= 0.3 is 6.18 Å². The second kappa shape index (κ2) is 9.64. The Balaban J connectivity index is 1.57. The van der Waals surface area contributed by atoms with Crippen LogP contribution in [0.1, 0.15) is 18.4 Å². The van der Waals surface area contributed by atoms with Gasteiger partial charge in [0.2, 0.25) is 10.0 Å². The summed E-state index contributed by atoms with van der Waals surface area (Å²) in [6, 6.07) is 9.94. The van der Waals surface area contributed by atoms with Crippen LogP contribution in [0.2, 0.25) is 0 Å². The molecule has 1 aromatic carbocycles. The zero-order chi connectivity index (χ0) is 26.2. The van der Waals surface area contributed by atoms with Crippen molar-refractivity contribution in [3.05, 3.63) is 78.6 Å². The van der Waals surface area contributed by atoms with Gasteiger partial charge in [-0.1, -0.05) is 18.7 Å². The number of aromatic nitrogens is 3. The lowest BCUT2D eigenvalue weighted by Crippen LogP contribution is -2.37. The molecule has 1 atom stereocenters. The number of sulfonamides is 1. The molecule has 0 saturated carbocycles. The number of hydrogen-bond donors (Lipinski definition) is 1. The zero-order valence-corrected chi connectivity index (χ0v) is 20.4. The third-order valence-corrected chi connectivity index (χ3v) is 7.93. The number of aromatic amines is 1. The molecule has 0 amide bonds. The van der Waals surface area contributed by atoms with Crippen LogP contribution in [0.4, 0.5) is 13.2 Å². The van der Waals surface area contributed by atoms with Crippen molar-refractivity contribution in [2.24, 2.45) is 0 Å². The van der Waals surface area contributed by atoms with Crippen LogP contribution < -0.4 is 4.74 Å². The molecule has 4 aromatic rings. The quantitative estimate of drug-likeness (QED) is 0.336. The first kappa shape index (κ1) is 25.0. The number of nitrogens with one attached hydrogen (secondary N) is 1. The Morgan fingerprint density at radius 1 is 1.19 bits per heavy atom. The Morgan fingerprint density at radius 3 is 2.81 bits per heavy atom. The van der Waals surface area contributed by atoms with Crippen LogP contribution in [-0.4, -0.2) is 46.9 Å². The number of halogens is 3. The van der Waals surface area contributed by atoms with E-state index >= 15 is 0 Å². The minimum atomic E-state index is -4.50. The monoisotopic (exact) mass is 528 g/mol. The fourth-order valence-corrected chi connectivity index (χ4v) is 5.81. The van der Waals surface area contributed by atoms with E-state index < -0.39 is 21.8 Å². The van der Waals surface area contributed by atoms with Crippen LogP contribution in [-0.2, 0) is 16.2 Å². The largest absolute Gasteiger partial charge is 0.490 e. The van der Waals surface area contributed by atoms with Crippen LogP contribution in [0.5, 0.6) is 5.75 Å². The lowest BCUT2D eigenvalue weighted by Gasteiger charge is -2.23. The highest BCUT2D eigenvalue weighted by Gasteiger charge is 2.34. The van der Waals surface area contributed by atoms with Crippen LogP contribution >= 0.6 is 0 Å². The van der Waals surface area contributed by atoms with Crippen LogP contribution in [0, 0.1) is 0 Å². The molecule has 1 fully saturated rings. The Bertz CT molecular complexity index is 1570. The molecule has 0 unspecified atom stereocenters. The second-order valence-corrected chi connectivity index (χ2v) is 10.5. The van der Waals surface area contributed by atoms with Crippen LogP contribution in [0.25, 0.3) is 33.4 Å². The van der Waals surface area contributed by atoms with Crippen molar-refractivity contribution in [1.29, 1.82) is 0 Å². The number of nitrogens with zero attached hydrogens (tertiary/aromatic N) is 3. The van der Waals surface area contributed by atoms with E-state index in [1.54, 1.807) is 36.7 Å². The van der Waals surface area contributed by atoms with Gasteiger partial charge in [-0.2, -0.15) is 17.5 Å². The average Bonchev–Trinajstić information content (AvgIpc) is 3.52. The predicted molar refractivity (Wildman–Crippen MR) is 134 cm³/mol. The van der Waals surface area contributed by atoms with Gasteiger partial charge in [0.25, 0.3) is 0 Å². The van der Waals surface area contributed by atoms with E-state index in [0.29, 0.717) is 58.6 Å². The molecule has 1 aliphatic heterocycles. The molecule has 1 aliphatic rings. The van der Waals surface area contributed by atoms with Crippen molar-refractivity contribution in [3.63, 3.8) is 0 Å². The first-order valence-corrected chi connectivity index (χ1v) is 13.0. The number of alkyl halides is 3. The number of rotatable bonds is 7. The normalized spacial score (nSPS) is 16.8. The van der Waals surface area contributed by atoms with E-state index in [4.69, 9.17) is 4.74 Å². The molecule has 7 nitrogen and oxygen atoms in total. The van der Waals surface area contributed by atoms with E-state index in [-0.39, 0.29) is 12.6 Å². The van der Waals surface area contributed by atoms with Gasteiger partial charge in [-0.3, -0.25) is 9.97 Å². The summed E-state index contributed by atoms with van der Waals surface area (Å²) in [7, 11) is -3.59. The Hall–Kier alpha value is -3.70. The van der Waals surface area contributed by atoms with Crippen LogP contribution in [0.15, 0.2) is 73.0 Å². The number of H-pyrrole nitrogens is 1. The molecule has 5 rings (SSSR count). The fourth-order valence-electron chi connectivity index (χ4n) is 4.65. The van der Waals surface area contributed by atoms with Gasteiger partial charge in [0, 0.05) is 35.5 Å². The summed E-state index contributed by atoms with van der Waals surface area (Å²) in [5.74, 6) is 0.366. The highest BCUT2D eigenvalue weighted by molar-refractivity contribution is 7.92. The molecule has 192 valence electrons. The number of pyridine rings is 2. The first-order chi connectivity index (χ1) is 17.7. The van der Waals surface area contributed by atoms with E-state index in [1.165, 1.54) is 16.6 Å². The van der Waals surface area contributed by atoms with Crippen molar-refractivity contribution >= 4 is 21.1 Å². The summed E-state index contributed by atoms with van der Waals surface area (Å²) < 4.78 is 72.7. The van der Waals surface area contributed by atoms with Gasteiger partial charge in [-0.15, -0.1) is 0 Å². The van der Waals surface area contributed by atoms with Gasteiger partial charge in [-0.05, 0) is 48.7 Å². The second-order valence-electron chi connectivity index (χ2n) is 8.65. The van der Waals surface area contributed by atoms with E-state index in [1.807, 2.05) is 0 Å². The molecular weight excluding hydrogens is 505 g/mol. The molecule has 1 saturated heterocycles. The lowest BCUT2D eigenvalue weighted by molar-refractivity contribution is -0.137. The Labute approximate surface area is 211 Å². The molecule has 0 bridgehead atoms. The summed E-state index contributed by atoms with van der Waals surface area (Å²) in [6.45, 7) is 3.87. The molecule has 37 heavy (non-hydrogen) atoms. The van der Waals surface area contributed by atoms with Gasteiger partial charge in [0.1, 0.15) is 12.4 Å². The van der Waals surface area contributed by atoms with Gasteiger partial charge < -0.3 is 9.72 Å². The zero-order valence-electron chi connectivity index (χ0n) is 19.6. The summed E-state index contributed by atoms with van der Waals surface area (Å²) in [4.78, 5) is 11.9. The number of fused-ring (bicyclic) bond motifs is 1. The Morgan fingerprint density at radius 2 is 2.03 bits per heavy atom. The summed E-state index contributed by atoms with van der Waals surface area (Å²) in [5.41, 5.74) is 2.32. The highest BCUT2D eigenvalue weighted by atomic mass is 32.2. The van der Waals surface area contributed by atoms with Crippen LogP contribution in [0.3, 0.4) is 0 Å². The third kappa shape index (κ3) is 4.84. The van der Waals surface area contributed by atoms with Gasteiger partial charge in [0.05, 0.1) is 34.5 Å². The molecule has 11 heteroatoms. The molecule has 0 radical (unpaired) electrons. The number of benzene rings is 1. The maximum absolute atomic E-state index is 13.5. The molecule has 0 aliphatic carbocycles. The van der Waals surface area contributed by atoms with E-state index in [2.05, 4.69) is 21.5 Å². The van der Waals surface area contributed by atoms with Gasteiger partial charge in [-0.25, -0.2) is 8.42 Å². The van der Waals surface area contributed by atoms with Crippen molar-refractivity contribution in [3.8, 4) is 28.1 Å². The van der Waals surface area contributed by atoms with Crippen molar-refractivity contribution in [2.45, 2.75) is 25.1 Å². The average molecular weight is 529 g/mol. The van der Waals surface area contributed by atoms with Crippen molar-refractivity contribution in [1.82, 2.24) is 19.3 Å². The maximum Gasteiger partial charge on any atom is 0.416 e. The minimum absolute atomic E-state index is 0.0864. The maximum atomic E-state index is 13.5. The van der Waals surface area contributed by atoms with Crippen molar-refractivity contribution < 1.29 is 26.3 Å². The highest BCUT2D eigenvalue weighted by Crippen LogP contribution is 2.42. The number of hydrogen-bond acceptors (Lipinski definition) is 5. The lowest BCUT2D eigenvalue weighted by atomic mass is 9.98. The van der Waals surface area contributed by atoms with E-state index in [9.17, 15) is 21.6 Å². The van der Waals surface area contributed by atoms with Crippen molar-refractivity contribution in [2.75, 3.05) is 13.2 Å². The molecule has 4 heterocycles. The standard InChI is InChI=1S/C26H23F3N4O3S/c1-2-37(34,35)33-13-5-8-19(33)16-36-22-15-30-12-10-20(22)24-23(25-21(32-24)9-4-11-31-25)17-6-3-7-18(14-17)26(27,28)29/h2-4,6-7,9-12,14-15,19,32H,1,5,8,13,16H2/t19-/m0/s1. The molecular formula is C26H23F3N4O3S. The first-order valence-electron chi connectivity index (χ1n) is 11.5. The Kier molecular flexibility index (Phi) is 6.50. The smallest absolute Gasteiger partial charge is 0.416 e. The predicted octanol–water partition coefficient (Wildman–Crippen LogP) is 5.63. The summed E-state index contributed by atoms with van der Waals surface area (Å²) in [5, 5.41) is 0.930. The topological polar surface area (TPSA) is 88.2 Å². The SMILES string of the molecule is C=CS(=O)(=O)N1CCC[C@H]1COc1cnccc1-c1[nH]c2cccnc2c1-c1cccc(C(F)(F)F)c1. The van der Waals surface area contributed by atoms with Gasteiger partial charge in [0.15, 0.2) is 0 Å². The minimum Gasteiger partial charge on any atom is -0.490 e. The van der Waals surface area contributed by atoms with E-state index in [0.717, 1.165) is 17.5 Å². The number of ether oxygens (including phenoxy) is 1. The molecule has 1 N–H and O–H groups in total. The third-order valence-electron chi connectivity index (χ3n) is 6.38. The molecule has 3 aromatic heterocycles. The summed E-state index contributed by atoms with van der Waals surface area (Å²) in [6.07, 6.45) is 1.48. The summed E-state index contributed by atoms with van der Waals surface area (Å²) >= 11 is 0.